The molecule has 0 atom stereocenters. The highest BCUT2D eigenvalue weighted by molar-refractivity contribution is 6.03. The minimum absolute atomic E-state index is 0.611. The SMILES string of the molecule is COc1ccc2ncc3[nH]c(-c4cc(C)no4)nc3c2c1. The molecule has 0 aliphatic rings. The van der Waals surface area contributed by atoms with Crippen LogP contribution in [-0.2, 0) is 0 Å². The summed E-state index contributed by atoms with van der Waals surface area (Å²) in [5.41, 5.74) is 3.37. The predicted octanol–water partition coefficient (Wildman–Crippen LogP) is 3.08. The molecule has 4 aromatic rings. The molecule has 0 radical (unpaired) electrons. The van der Waals surface area contributed by atoms with E-state index in [1.54, 1.807) is 13.3 Å². The van der Waals surface area contributed by atoms with Gasteiger partial charge in [0, 0.05) is 11.5 Å². The number of ether oxygens (including phenoxy) is 1. The van der Waals surface area contributed by atoms with Gasteiger partial charge in [-0.05, 0) is 25.1 Å². The summed E-state index contributed by atoms with van der Waals surface area (Å²) < 4.78 is 10.5. The zero-order valence-corrected chi connectivity index (χ0v) is 11.5. The lowest BCUT2D eigenvalue weighted by Gasteiger charge is -2.01. The Morgan fingerprint density at radius 2 is 2.14 bits per heavy atom. The van der Waals surface area contributed by atoms with Gasteiger partial charge in [0.1, 0.15) is 11.3 Å². The lowest BCUT2D eigenvalue weighted by atomic mass is 10.2. The van der Waals surface area contributed by atoms with E-state index in [9.17, 15) is 0 Å². The minimum Gasteiger partial charge on any atom is -0.497 e. The number of aromatic amines is 1. The van der Waals surface area contributed by atoms with Crippen LogP contribution in [0.5, 0.6) is 5.75 Å². The van der Waals surface area contributed by atoms with Crippen molar-refractivity contribution in [1.82, 2.24) is 20.1 Å². The highest BCUT2D eigenvalue weighted by atomic mass is 16.5. The molecule has 0 fully saturated rings. The maximum absolute atomic E-state index is 5.27. The predicted molar refractivity (Wildman–Crippen MR) is 78.2 cm³/mol. The highest BCUT2D eigenvalue weighted by Gasteiger charge is 2.13. The monoisotopic (exact) mass is 280 g/mol. The largest absolute Gasteiger partial charge is 0.497 e. The molecule has 0 saturated carbocycles. The van der Waals surface area contributed by atoms with E-state index in [1.807, 2.05) is 31.2 Å². The number of nitrogens with one attached hydrogen (secondary N) is 1. The van der Waals surface area contributed by atoms with Gasteiger partial charge in [-0.3, -0.25) is 4.98 Å². The van der Waals surface area contributed by atoms with Crippen LogP contribution in [0.15, 0.2) is 35.0 Å². The third-order valence-corrected chi connectivity index (χ3v) is 3.38. The number of H-pyrrole nitrogens is 1. The van der Waals surface area contributed by atoms with Crippen molar-refractivity contribution >= 4 is 21.9 Å². The van der Waals surface area contributed by atoms with Crippen LogP contribution in [0.1, 0.15) is 5.69 Å². The highest BCUT2D eigenvalue weighted by Crippen LogP contribution is 2.28. The lowest BCUT2D eigenvalue weighted by Crippen LogP contribution is -1.85. The maximum Gasteiger partial charge on any atom is 0.202 e. The molecule has 6 heteroatoms. The zero-order valence-electron chi connectivity index (χ0n) is 11.5. The van der Waals surface area contributed by atoms with Gasteiger partial charge in [-0.1, -0.05) is 5.16 Å². The summed E-state index contributed by atoms with van der Waals surface area (Å²) in [5, 5.41) is 4.82. The molecule has 21 heavy (non-hydrogen) atoms. The van der Waals surface area contributed by atoms with E-state index in [-0.39, 0.29) is 0 Å². The van der Waals surface area contributed by atoms with Crippen molar-refractivity contribution in [3.63, 3.8) is 0 Å². The van der Waals surface area contributed by atoms with Crippen LogP contribution in [0.2, 0.25) is 0 Å². The van der Waals surface area contributed by atoms with E-state index in [0.717, 1.165) is 33.4 Å². The van der Waals surface area contributed by atoms with Crippen LogP contribution >= 0.6 is 0 Å². The number of imidazole rings is 1. The maximum atomic E-state index is 5.27. The first-order valence-electron chi connectivity index (χ1n) is 6.51. The van der Waals surface area contributed by atoms with Gasteiger partial charge in [0.05, 0.1) is 30.0 Å². The van der Waals surface area contributed by atoms with Gasteiger partial charge in [-0.25, -0.2) is 4.98 Å². The van der Waals surface area contributed by atoms with Crippen molar-refractivity contribution in [1.29, 1.82) is 0 Å². The van der Waals surface area contributed by atoms with Gasteiger partial charge in [-0.2, -0.15) is 0 Å². The molecule has 3 aromatic heterocycles. The van der Waals surface area contributed by atoms with Crippen LogP contribution in [0, 0.1) is 6.92 Å². The molecule has 0 amide bonds. The number of aryl methyl sites for hydroxylation is 1. The molecular formula is C15H12N4O2. The average Bonchev–Trinajstić information content (AvgIpc) is 3.12. The Balaban J connectivity index is 1.99. The minimum atomic E-state index is 0.611. The fraction of sp³-hybridized carbons (Fsp3) is 0.133. The van der Waals surface area contributed by atoms with Crippen LogP contribution < -0.4 is 4.74 Å². The van der Waals surface area contributed by atoms with Crippen molar-refractivity contribution in [2.75, 3.05) is 7.11 Å². The Morgan fingerprint density at radius 1 is 1.24 bits per heavy atom. The second kappa shape index (κ2) is 4.31. The number of benzene rings is 1. The fourth-order valence-corrected chi connectivity index (χ4v) is 2.36. The summed E-state index contributed by atoms with van der Waals surface area (Å²) in [6.45, 7) is 1.87. The molecule has 104 valence electrons. The van der Waals surface area contributed by atoms with Crippen molar-refractivity contribution in [2.24, 2.45) is 0 Å². The third-order valence-electron chi connectivity index (χ3n) is 3.38. The fourth-order valence-electron chi connectivity index (χ4n) is 2.36. The Hall–Kier alpha value is -2.89. The number of hydrogen-bond acceptors (Lipinski definition) is 5. The van der Waals surface area contributed by atoms with Gasteiger partial charge >= 0.3 is 0 Å². The molecule has 1 aromatic carbocycles. The number of pyridine rings is 1. The number of methoxy groups -OCH3 is 1. The first-order valence-corrected chi connectivity index (χ1v) is 6.51. The van der Waals surface area contributed by atoms with Gasteiger partial charge in [-0.15, -0.1) is 0 Å². The number of hydrogen-bond donors (Lipinski definition) is 1. The van der Waals surface area contributed by atoms with Crippen LogP contribution in [0.3, 0.4) is 0 Å². The van der Waals surface area contributed by atoms with Gasteiger partial charge in [0.25, 0.3) is 0 Å². The quantitative estimate of drug-likeness (QED) is 0.610. The Morgan fingerprint density at radius 3 is 2.90 bits per heavy atom. The zero-order chi connectivity index (χ0) is 14.4. The Labute approximate surface area is 119 Å². The summed E-state index contributed by atoms with van der Waals surface area (Å²) in [7, 11) is 1.64. The van der Waals surface area contributed by atoms with Gasteiger partial charge in [0.2, 0.25) is 5.76 Å². The smallest absolute Gasteiger partial charge is 0.202 e. The normalized spacial score (nSPS) is 11.3. The second-order valence-electron chi connectivity index (χ2n) is 4.82. The molecule has 0 unspecified atom stereocenters. The van der Waals surface area contributed by atoms with E-state index in [0.29, 0.717) is 11.6 Å². The van der Waals surface area contributed by atoms with Gasteiger partial charge < -0.3 is 14.2 Å². The molecule has 1 N–H and O–H groups in total. The Kier molecular flexibility index (Phi) is 2.44. The standard InChI is InChI=1S/C15H12N4O2/c1-8-5-13(21-19-8)15-17-12-7-16-11-4-3-9(20-2)6-10(11)14(12)18-15/h3-7H,1-2H3,(H,17,18). The van der Waals surface area contributed by atoms with Crippen molar-refractivity contribution < 1.29 is 9.26 Å². The second-order valence-corrected chi connectivity index (χ2v) is 4.82. The molecule has 0 bridgehead atoms. The van der Waals surface area contributed by atoms with E-state index in [1.165, 1.54) is 0 Å². The number of fused-ring (bicyclic) bond motifs is 3. The van der Waals surface area contributed by atoms with Crippen LogP contribution in [-0.4, -0.2) is 27.2 Å². The topological polar surface area (TPSA) is 76.8 Å². The third kappa shape index (κ3) is 1.84. The molecule has 0 aliphatic carbocycles. The van der Waals surface area contributed by atoms with Crippen molar-refractivity contribution in [3.8, 4) is 17.3 Å². The molecule has 0 aliphatic heterocycles. The first-order chi connectivity index (χ1) is 10.2. The van der Waals surface area contributed by atoms with E-state index < -0.39 is 0 Å². The molecule has 4 rings (SSSR count). The average molecular weight is 280 g/mol. The van der Waals surface area contributed by atoms with E-state index >= 15 is 0 Å². The van der Waals surface area contributed by atoms with Crippen molar-refractivity contribution in [2.45, 2.75) is 6.92 Å². The number of rotatable bonds is 2. The molecule has 3 heterocycles. The summed E-state index contributed by atoms with van der Waals surface area (Å²) in [6, 6.07) is 7.57. The molecule has 6 nitrogen and oxygen atoms in total. The molecule has 0 saturated heterocycles. The molecular weight excluding hydrogens is 268 g/mol. The summed E-state index contributed by atoms with van der Waals surface area (Å²) in [5.74, 6) is 2.03. The van der Waals surface area contributed by atoms with Crippen molar-refractivity contribution in [3.05, 3.63) is 36.2 Å². The lowest BCUT2D eigenvalue weighted by molar-refractivity contribution is 0.415. The van der Waals surface area contributed by atoms with Gasteiger partial charge in [0.15, 0.2) is 5.82 Å². The summed E-state index contributed by atoms with van der Waals surface area (Å²) >= 11 is 0. The summed E-state index contributed by atoms with van der Waals surface area (Å²) in [4.78, 5) is 12.2. The summed E-state index contributed by atoms with van der Waals surface area (Å²) in [6.07, 6.45) is 1.77. The molecule has 0 spiro atoms. The number of nitrogens with zero attached hydrogens (tertiary/aromatic N) is 3. The first kappa shape index (κ1) is 11.9. The van der Waals surface area contributed by atoms with E-state index in [4.69, 9.17) is 9.26 Å². The van der Waals surface area contributed by atoms with Crippen LogP contribution in [0.4, 0.5) is 0 Å². The van der Waals surface area contributed by atoms with E-state index in [2.05, 4.69) is 20.1 Å². The van der Waals surface area contributed by atoms with Crippen LogP contribution in [0.25, 0.3) is 33.5 Å². The Bertz CT molecular complexity index is 955. The number of aromatic nitrogens is 4.